The summed E-state index contributed by atoms with van der Waals surface area (Å²) < 4.78 is 3.13. The van der Waals surface area contributed by atoms with Gasteiger partial charge < -0.3 is 0 Å². The third-order valence-corrected chi connectivity index (χ3v) is 4.96. The number of rotatable bonds is 1. The molecule has 0 nitrogen and oxygen atoms in total. The minimum absolute atomic E-state index is 1.04. The van der Waals surface area contributed by atoms with Crippen LogP contribution in [0.25, 0.3) is 0 Å². The van der Waals surface area contributed by atoms with E-state index >= 15 is 0 Å². The summed E-state index contributed by atoms with van der Waals surface area (Å²) in [5, 5.41) is 0. The number of thiol groups is 1. The molecule has 0 N–H and O–H groups in total. The lowest BCUT2D eigenvalue weighted by atomic mass is 10.4. The van der Waals surface area contributed by atoms with Crippen LogP contribution in [-0.2, 0) is 0 Å². The summed E-state index contributed by atoms with van der Waals surface area (Å²) in [6.45, 7) is 0. The Bertz CT molecular complexity index is 275. The molecule has 0 aliphatic rings. The molecule has 0 atom stereocenters. The third-order valence-electron chi connectivity index (χ3n) is 1.07. The van der Waals surface area contributed by atoms with Crippen LogP contribution in [-0.4, -0.2) is 0 Å². The molecule has 5 heteroatoms. The van der Waals surface area contributed by atoms with E-state index in [-0.39, 0.29) is 0 Å². The summed E-state index contributed by atoms with van der Waals surface area (Å²) in [5.41, 5.74) is 0. The Morgan fingerprint density at radius 2 is 1.55 bits per heavy atom. The zero-order chi connectivity index (χ0) is 8.43. The van der Waals surface area contributed by atoms with E-state index in [2.05, 4.69) is 59.5 Å². The van der Waals surface area contributed by atoms with Gasteiger partial charge >= 0.3 is 0 Å². The Morgan fingerprint density at radius 3 is 2.09 bits per heavy atom. The number of hydrogen-bond acceptors (Lipinski definition) is 2. The fraction of sp³-hybridized carbons (Fsp3) is 0. The lowest BCUT2D eigenvalue weighted by Gasteiger charge is -2.02. The van der Waals surface area contributed by atoms with Crippen molar-refractivity contribution in [3.8, 4) is 0 Å². The first-order valence-corrected chi connectivity index (χ1v) is 6.86. The molecular formula is C6H3Br3S2. The van der Waals surface area contributed by atoms with Gasteiger partial charge in [-0.15, -0.1) is 11.7 Å². The first-order valence-electron chi connectivity index (χ1n) is 2.61. The van der Waals surface area contributed by atoms with Gasteiger partial charge in [0.2, 0.25) is 0 Å². The molecule has 0 fully saturated rings. The maximum atomic E-state index is 4.11. The van der Waals surface area contributed by atoms with E-state index in [1.165, 1.54) is 10.8 Å². The van der Waals surface area contributed by atoms with Crippen molar-refractivity contribution >= 4 is 70.2 Å². The van der Waals surface area contributed by atoms with Crippen molar-refractivity contribution in [1.82, 2.24) is 0 Å². The monoisotopic (exact) mass is 376 g/mol. The Balaban J connectivity index is 3.21. The van der Waals surface area contributed by atoms with Crippen LogP contribution >= 0.6 is 70.2 Å². The summed E-state index contributed by atoms with van der Waals surface area (Å²) in [5.74, 6) is 0. The molecule has 1 aromatic rings. The van der Waals surface area contributed by atoms with Crippen molar-refractivity contribution < 1.29 is 0 Å². The van der Waals surface area contributed by atoms with Crippen LogP contribution in [0.3, 0.4) is 0 Å². The second-order valence-corrected chi connectivity index (χ2v) is 5.52. The van der Waals surface area contributed by atoms with Gasteiger partial charge in [-0.25, -0.2) is 0 Å². The summed E-state index contributed by atoms with van der Waals surface area (Å²) in [6, 6.07) is 3.99. The predicted octanol–water partition coefficient (Wildman–Crippen LogP) is 4.91. The summed E-state index contributed by atoms with van der Waals surface area (Å²) in [4.78, 5) is 1.10. The Hall–Kier alpha value is 1.36. The molecule has 0 unspecified atom stereocenters. The first kappa shape index (κ1) is 10.4. The second kappa shape index (κ2) is 4.56. The maximum Gasteiger partial charge on any atom is 0.0334 e. The zero-order valence-electron chi connectivity index (χ0n) is 5.14. The fourth-order valence-corrected chi connectivity index (χ4v) is 3.45. The molecule has 0 saturated carbocycles. The van der Waals surface area contributed by atoms with E-state index in [1.807, 2.05) is 12.1 Å². The Morgan fingerprint density at radius 1 is 1.00 bits per heavy atom. The van der Waals surface area contributed by atoms with E-state index in [1.54, 1.807) is 0 Å². The average molecular weight is 379 g/mol. The van der Waals surface area contributed by atoms with Gasteiger partial charge in [0.25, 0.3) is 0 Å². The van der Waals surface area contributed by atoms with Crippen LogP contribution in [0.15, 0.2) is 30.4 Å². The molecule has 0 radical (unpaired) electrons. The lowest BCUT2D eigenvalue weighted by Crippen LogP contribution is -1.74. The summed E-state index contributed by atoms with van der Waals surface area (Å²) >= 11 is 14.3. The molecule has 0 saturated heterocycles. The molecule has 0 aromatic heterocycles. The lowest BCUT2D eigenvalue weighted by molar-refractivity contribution is 1.37. The fourth-order valence-electron chi connectivity index (χ4n) is 0.574. The van der Waals surface area contributed by atoms with Gasteiger partial charge in [-0.3, -0.25) is 0 Å². The second-order valence-electron chi connectivity index (χ2n) is 1.79. The van der Waals surface area contributed by atoms with Gasteiger partial charge in [-0.05, 0) is 59.9 Å². The minimum atomic E-state index is 1.04. The quantitative estimate of drug-likeness (QED) is 0.411. The summed E-state index contributed by atoms with van der Waals surface area (Å²) in [6.07, 6.45) is 0. The highest BCUT2D eigenvalue weighted by atomic mass is 79.9. The molecule has 0 heterocycles. The minimum Gasteiger partial charge on any atom is -0.106 e. The van der Waals surface area contributed by atoms with Crippen LogP contribution in [0, 0.1) is 0 Å². The van der Waals surface area contributed by atoms with E-state index in [0.29, 0.717) is 0 Å². The van der Waals surface area contributed by atoms with Crippen molar-refractivity contribution in [2.45, 2.75) is 4.90 Å². The normalized spacial score (nSPS) is 10.2. The highest BCUT2D eigenvalue weighted by Crippen LogP contribution is 2.36. The highest BCUT2D eigenvalue weighted by Gasteiger charge is 2.03. The van der Waals surface area contributed by atoms with Gasteiger partial charge in [0.05, 0.1) is 0 Å². The molecule has 1 aromatic carbocycles. The first-order chi connectivity index (χ1) is 5.15. The molecule has 0 spiro atoms. The van der Waals surface area contributed by atoms with Gasteiger partial charge in [0.15, 0.2) is 0 Å². The smallest absolute Gasteiger partial charge is 0.0334 e. The topological polar surface area (TPSA) is 0 Å². The van der Waals surface area contributed by atoms with Crippen molar-refractivity contribution in [2.24, 2.45) is 0 Å². The van der Waals surface area contributed by atoms with Crippen LogP contribution in [0.1, 0.15) is 0 Å². The molecule has 11 heavy (non-hydrogen) atoms. The average Bonchev–Trinajstić information content (AvgIpc) is 1.97. The zero-order valence-corrected chi connectivity index (χ0v) is 11.6. The maximum absolute atomic E-state index is 4.11. The molecular weight excluding hydrogens is 376 g/mol. The molecule has 0 aliphatic heterocycles. The van der Waals surface area contributed by atoms with Gasteiger partial charge in [0.1, 0.15) is 0 Å². The van der Waals surface area contributed by atoms with E-state index in [9.17, 15) is 0 Å². The molecule has 1 rings (SSSR count). The Kier molecular flexibility index (Phi) is 4.32. The SMILES string of the molecule is SSc1cc(Br)c(Br)cc1Br. The van der Waals surface area contributed by atoms with E-state index < -0.39 is 0 Å². The van der Waals surface area contributed by atoms with Crippen molar-refractivity contribution in [1.29, 1.82) is 0 Å². The largest absolute Gasteiger partial charge is 0.106 e. The Labute approximate surface area is 99.7 Å². The van der Waals surface area contributed by atoms with Crippen molar-refractivity contribution in [3.05, 3.63) is 25.6 Å². The molecule has 0 aliphatic carbocycles. The van der Waals surface area contributed by atoms with E-state index in [4.69, 9.17) is 0 Å². The van der Waals surface area contributed by atoms with Crippen LogP contribution in [0.2, 0.25) is 0 Å². The summed E-state index contributed by atoms with van der Waals surface area (Å²) in [7, 11) is 1.42. The highest BCUT2D eigenvalue weighted by molar-refractivity contribution is 9.13. The van der Waals surface area contributed by atoms with Crippen molar-refractivity contribution in [3.63, 3.8) is 0 Å². The van der Waals surface area contributed by atoms with Crippen molar-refractivity contribution in [2.75, 3.05) is 0 Å². The van der Waals surface area contributed by atoms with Gasteiger partial charge in [-0.2, -0.15) is 0 Å². The molecule has 60 valence electrons. The van der Waals surface area contributed by atoms with Crippen LogP contribution < -0.4 is 0 Å². The van der Waals surface area contributed by atoms with E-state index in [0.717, 1.165) is 18.3 Å². The predicted molar refractivity (Wildman–Crippen MR) is 64.4 cm³/mol. The van der Waals surface area contributed by atoms with Gasteiger partial charge in [0, 0.05) is 18.3 Å². The standard InChI is InChI=1S/C6H3Br3S2/c7-3-1-5(9)6(11-10)2-4(3)8/h1-2,10H. The number of halogens is 3. The molecule has 0 bridgehead atoms. The van der Waals surface area contributed by atoms with Crippen LogP contribution in [0.5, 0.6) is 0 Å². The van der Waals surface area contributed by atoms with Crippen LogP contribution in [0.4, 0.5) is 0 Å². The molecule has 0 amide bonds. The number of benzene rings is 1. The third kappa shape index (κ3) is 2.66. The number of hydrogen-bond donors (Lipinski definition) is 1. The van der Waals surface area contributed by atoms with Gasteiger partial charge in [-0.1, -0.05) is 10.8 Å².